The number of hydrogen-bond donors (Lipinski definition) is 3. The minimum atomic E-state index is -0.283. The third-order valence-corrected chi connectivity index (χ3v) is 5.86. The van der Waals surface area contributed by atoms with Gasteiger partial charge in [0.15, 0.2) is 5.11 Å². The van der Waals surface area contributed by atoms with Gasteiger partial charge in [-0.2, -0.15) is 0 Å². The average molecular weight is 482 g/mol. The van der Waals surface area contributed by atoms with E-state index in [1.165, 1.54) is 5.56 Å². The summed E-state index contributed by atoms with van der Waals surface area (Å²) in [6.07, 6.45) is 0. The van der Waals surface area contributed by atoms with Gasteiger partial charge in [0.1, 0.15) is 0 Å². The van der Waals surface area contributed by atoms with Crippen molar-refractivity contribution in [3.63, 3.8) is 0 Å². The molecule has 0 heterocycles. The first kappa shape index (κ1) is 24.1. The van der Waals surface area contributed by atoms with Crippen LogP contribution in [-0.2, 0) is 5.41 Å². The van der Waals surface area contributed by atoms with Crippen molar-refractivity contribution >= 4 is 51.3 Å². The lowest BCUT2D eigenvalue weighted by molar-refractivity contribution is 0.0976. The van der Waals surface area contributed by atoms with Crippen LogP contribution in [-0.4, -0.2) is 16.9 Å². The normalized spacial score (nSPS) is 11.1. The highest BCUT2D eigenvalue weighted by molar-refractivity contribution is 7.80. The van der Waals surface area contributed by atoms with Gasteiger partial charge >= 0.3 is 0 Å². The number of fused-ring (bicyclic) bond motifs is 1. The van der Waals surface area contributed by atoms with E-state index in [4.69, 9.17) is 12.2 Å². The van der Waals surface area contributed by atoms with Gasteiger partial charge in [0.25, 0.3) is 11.8 Å². The van der Waals surface area contributed by atoms with E-state index in [9.17, 15) is 9.59 Å². The van der Waals surface area contributed by atoms with Crippen LogP contribution in [0.5, 0.6) is 0 Å². The van der Waals surface area contributed by atoms with Crippen LogP contribution >= 0.6 is 12.2 Å². The molecule has 0 aliphatic rings. The zero-order chi connectivity index (χ0) is 25.0. The minimum absolute atomic E-state index is 0.0351. The van der Waals surface area contributed by atoms with Gasteiger partial charge in [0.05, 0.1) is 0 Å². The summed E-state index contributed by atoms with van der Waals surface area (Å²) < 4.78 is 0. The summed E-state index contributed by atoms with van der Waals surface area (Å²) in [7, 11) is 0. The summed E-state index contributed by atoms with van der Waals surface area (Å²) in [6.45, 7) is 6.41. The van der Waals surface area contributed by atoms with E-state index in [0.29, 0.717) is 22.5 Å². The van der Waals surface area contributed by atoms with Crippen LogP contribution in [0.3, 0.4) is 0 Å². The number of anilines is 2. The molecule has 0 saturated heterocycles. The van der Waals surface area contributed by atoms with E-state index in [1.54, 1.807) is 30.3 Å². The molecule has 5 nitrogen and oxygen atoms in total. The van der Waals surface area contributed by atoms with Crippen LogP contribution in [0.1, 0.15) is 47.1 Å². The van der Waals surface area contributed by atoms with Crippen LogP contribution in [0.15, 0.2) is 91.0 Å². The van der Waals surface area contributed by atoms with Gasteiger partial charge in [-0.3, -0.25) is 14.9 Å². The summed E-state index contributed by atoms with van der Waals surface area (Å²) in [5.41, 5.74) is 3.69. The molecule has 4 aromatic rings. The Kier molecular flexibility index (Phi) is 6.94. The second-order valence-electron chi connectivity index (χ2n) is 9.33. The number of hydrogen-bond acceptors (Lipinski definition) is 3. The molecule has 0 spiro atoms. The molecule has 4 rings (SSSR count). The predicted molar refractivity (Wildman–Crippen MR) is 147 cm³/mol. The molecule has 0 unspecified atom stereocenters. The Balaban J connectivity index is 1.33. The van der Waals surface area contributed by atoms with Crippen molar-refractivity contribution in [1.29, 1.82) is 0 Å². The molecule has 2 amide bonds. The fraction of sp³-hybridized carbons (Fsp3) is 0.138. The maximum atomic E-state index is 12.6. The Labute approximate surface area is 210 Å². The second-order valence-corrected chi connectivity index (χ2v) is 9.74. The van der Waals surface area contributed by atoms with Crippen molar-refractivity contribution < 1.29 is 9.59 Å². The van der Waals surface area contributed by atoms with Crippen LogP contribution in [0.25, 0.3) is 10.8 Å². The molecule has 0 atom stereocenters. The van der Waals surface area contributed by atoms with Crippen molar-refractivity contribution in [2.75, 3.05) is 10.6 Å². The monoisotopic (exact) mass is 481 g/mol. The van der Waals surface area contributed by atoms with Crippen molar-refractivity contribution in [2.45, 2.75) is 26.2 Å². The predicted octanol–water partition coefficient (Wildman–Crippen LogP) is 6.52. The highest BCUT2D eigenvalue weighted by atomic mass is 32.1. The Morgan fingerprint density at radius 1 is 0.657 bits per heavy atom. The summed E-state index contributed by atoms with van der Waals surface area (Å²) >= 11 is 5.30. The number of benzene rings is 4. The van der Waals surface area contributed by atoms with Gasteiger partial charge in [-0.05, 0) is 82.5 Å². The molecule has 0 radical (unpaired) electrons. The van der Waals surface area contributed by atoms with Gasteiger partial charge < -0.3 is 10.6 Å². The topological polar surface area (TPSA) is 70.2 Å². The molecule has 3 N–H and O–H groups in total. The van der Waals surface area contributed by atoms with E-state index in [1.807, 2.05) is 60.7 Å². The van der Waals surface area contributed by atoms with Crippen LogP contribution in [0.2, 0.25) is 0 Å². The molecule has 0 aromatic heterocycles. The average Bonchev–Trinajstić information content (AvgIpc) is 2.84. The van der Waals surface area contributed by atoms with Gasteiger partial charge in [0.2, 0.25) is 0 Å². The summed E-state index contributed by atoms with van der Waals surface area (Å²) in [5.74, 6) is -0.459. The van der Waals surface area contributed by atoms with Gasteiger partial charge in [0, 0.05) is 22.5 Å². The minimum Gasteiger partial charge on any atom is -0.332 e. The smallest absolute Gasteiger partial charge is 0.257 e. The highest BCUT2D eigenvalue weighted by Crippen LogP contribution is 2.23. The third-order valence-electron chi connectivity index (χ3n) is 5.65. The van der Waals surface area contributed by atoms with E-state index in [0.717, 1.165) is 10.8 Å². The molecule has 0 fully saturated rings. The molecule has 0 aliphatic heterocycles. The first-order valence-electron chi connectivity index (χ1n) is 11.3. The van der Waals surface area contributed by atoms with Crippen molar-refractivity contribution in [1.82, 2.24) is 5.32 Å². The van der Waals surface area contributed by atoms with E-state index in [-0.39, 0.29) is 22.3 Å². The maximum Gasteiger partial charge on any atom is 0.257 e. The van der Waals surface area contributed by atoms with E-state index < -0.39 is 0 Å². The SMILES string of the molecule is CC(C)(C)c1ccc(C(=O)Nc2ccc(NC(=S)NC(=O)c3ccc4ccccc4c3)cc2)cc1. The molecule has 6 heteroatoms. The lowest BCUT2D eigenvalue weighted by atomic mass is 9.87. The highest BCUT2D eigenvalue weighted by Gasteiger charge is 2.14. The maximum absolute atomic E-state index is 12.6. The van der Waals surface area contributed by atoms with E-state index >= 15 is 0 Å². The fourth-order valence-electron chi connectivity index (χ4n) is 3.63. The number of carbonyl (C=O) groups excluding carboxylic acids is 2. The number of carbonyl (C=O) groups is 2. The fourth-order valence-corrected chi connectivity index (χ4v) is 3.84. The summed E-state index contributed by atoms with van der Waals surface area (Å²) in [6, 6.07) is 28.1. The number of rotatable bonds is 4. The molecular weight excluding hydrogens is 454 g/mol. The van der Waals surface area contributed by atoms with Gasteiger partial charge in [-0.1, -0.05) is 63.2 Å². The number of nitrogens with one attached hydrogen (secondary N) is 3. The largest absolute Gasteiger partial charge is 0.332 e. The van der Waals surface area contributed by atoms with Crippen LogP contribution in [0.4, 0.5) is 11.4 Å². The van der Waals surface area contributed by atoms with Crippen molar-refractivity contribution in [3.05, 3.63) is 108 Å². The van der Waals surface area contributed by atoms with Gasteiger partial charge in [-0.15, -0.1) is 0 Å². The quantitative estimate of drug-likeness (QED) is 0.290. The molecule has 176 valence electrons. The molecular formula is C29H27N3O2S. The standard InChI is InChI=1S/C29H27N3O2S/c1-29(2,3)23-12-10-20(11-13-23)26(33)30-24-14-16-25(17-15-24)31-28(35)32-27(34)22-9-8-19-6-4-5-7-21(19)18-22/h4-18H,1-3H3,(H,30,33)(H2,31,32,34,35). The Morgan fingerprint density at radius 2 is 1.23 bits per heavy atom. The summed E-state index contributed by atoms with van der Waals surface area (Å²) in [5, 5.41) is 10.8. The number of amides is 2. The Morgan fingerprint density at radius 3 is 1.86 bits per heavy atom. The molecule has 0 saturated carbocycles. The second kappa shape index (κ2) is 10.1. The third kappa shape index (κ3) is 6.11. The Bertz CT molecular complexity index is 1390. The zero-order valence-electron chi connectivity index (χ0n) is 19.9. The summed E-state index contributed by atoms with van der Waals surface area (Å²) in [4.78, 5) is 25.2. The molecule has 0 bridgehead atoms. The lowest BCUT2D eigenvalue weighted by Crippen LogP contribution is -2.34. The van der Waals surface area contributed by atoms with Crippen LogP contribution in [0, 0.1) is 0 Å². The number of thiocarbonyl (C=S) groups is 1. The first-order chi connectivity index (χ1) is 16.7. The van der Waals surface area contributed by atoms with Crippen molar-refractivity contribution in [2.24, 2.45) is 0 Å². The molecule has 0 aliphatic carbocycles. The van der Waals surface area contributed by atoms with Crippen LogP contribution < -0.4 is 16.0 Å². The van der Waals surface area contributed by atoms with Gasteiger partial charge in [-0.25, -0.2) is 0 Å². The zero-order valence-corrected chi connectivity index (χ0v) is 20.7. The first-order valence-corrected chi connectivity index (χ1v) is 11.7. The van der Waals surface area contributed by atoms with E-state index in [2.05, 4.69) is 36.7 Å². The molecule has 35 heavy (non-hydrogen) atoms. The lowest BCUT2D eigenvalue weighted by Gasteiger charge is -2.19. The Hall–Kier alpha value is -4.03. The van der Waals surface area contributed by atoms with Crippen molar-refractivity contribution in [3.8, 4) is 0 Å². The molecule has 4 aromatic carbocycles.